The van der Waals surface area contributed by atoms with Crippen LogP contribution >= 0.6 is 0 Å². The topological polar surface area (TPSA) is 96.5 Å². The molecule has 1 saturated heterocycles. The molecule has 0 unspecified atom stereocenters. The van der Waals surface area contributed by atoms with E-state index in [2.05, 4.69) is 26.7 Å². The highest BCUT2D eigenvalue weighted by molar-refractivity contribution is 6.05. The number of rotatable bonds is 5. The Kier molecular flexibility index (Phi) is 5.47. The van der Waals surface area contributed by atoms with E-state index in [1.54, 1.807) is 6.07 Å². The first-order valence-corrected chi connectivity index (χ1v) is 9.83. The van der Waals surface area contributed by atoms with Crippen LogP contribution in [0.3, 0.4) is 0 Å². The van der Waals surface area contributed by atoms with E-state index < -0.39 is 10.8 Å². The van der Waals surface area contributed by atoms with E-state index in [-0.39, 0.29) is 11.3 Å². The molecule has 0 atom stereocenters. The number of piperazine rings is 1. The van der Waals surface area contributed by atoms with Crippen molar-refractivity contribution < 1.29 is 9.72 Å². The standard InChI is InChI=1S/C21H24N6O3/c1-24-8-10-26(11-9-24)14-20-23-18-13-16(6-7-19(18)25(20)2)22-21(28)15-4-3-5-17(12-15)27(29)30/h3-7,12-13H,8-11,14H2,1-2H3,(H,22,28). The highest BCUT2D eigenvalue weighted by Gasteiger charge is 2.18. The van der Waals surface area contributed by atoms with Crippen molar-refractivity contribution in [3.8, 4) is 0 Å². The molecule has 0 radical (unpaired) electrons. The number of nitrogens with zero attached hydrogens (tertiary/aromatic N) is 5. The Labute approximate surface area is 174 Å². The number of fused-ring (bicyclic) bond motifs is 1. The van der Waals surface area contributed by atoms with E-state index in [0.29, 0.717) is 5.69 Å². The molecule has 30 heavy (non-hydrogen) atoms. The molecule has 1 amide bonds. The summed E-state index contributed by atoms with van der Waals surface area (Å²) in [5, 5.41) is 13.7. The van der Waals surface area contributed by atoms with Crippen molar-refractivity contribution in [3.63, 3.8) is 0 Å². The van der Waals surface area contributed by atoms with Gasteiger partial charge >= 0.3 is 0 Å². The first-order chi connectivity index (χ1) is 14.4. The molecule has 9 nitrogen and oxygen atoms in total. The molecule has 0 aliphatic carbocycles. The number of likely N-dealkylation sites (N-methyl/N-ethyl adjacent to an activating group) is 1. The number of benzene rings is 2. The zero-order valence-electron chi connectivity index (χ0n) is 17.0. The number of imidazole rings is 1. The van der Waals surface area contributed by atoms with E-state index in [1.807, 2.05) is 25.2 Å². The van der Waals surface area contributed by atoms with Gasteiger partial charge in [0.05, 0.1) is 22.5 Å². The molecule has 3 aromatic rings. The lowest BCUT2D eigenvalue weighted by molar-refractivity contribution is -0.384. The summed E-state index contributed by atoms with van der Waals surface area (Å²) in [5.41, 5.74) is 2.52. The average Bonchev–Trinajstić information content (AvgIpc) is 3.04. The van der Waals surface area contributed by atoms with Crippen LogP contribution < -0.4 is 5.32 Å². The number of hydrogen-bond acceptors (Lipinski definition) is 6. The van der Waals surface area contributed by atoms with Crippen molar-refractivity contribution in [2.24, 2.45) is 7.05 Å². The van der Waals surface area contributed by atoms with Gasteiger partial charge in [0.2, 0.25) is 0 Å². The number of non-ortho nitro benzene ring substituents is 1. The minimum absolute atomic E-state index is 0.114. The number of aryl methyl sites for hydroxylation is 1. The molecular formula is C21H24N6O3. The highest BCUT2D eigenvalue weighted by atomic mass is 16.6. The lowest BCUT2D eigenvalue weighted by Crippen LogP contribution is -2.44. The predicted octanol–water partition coefficient (Wildman–Crippen LogP) is 2.48. The summed E-state index contributed by atoms with van der Waals surface area (Å²) in [5.74, 6) is 0.586. The molecule has 156 valence electrons. The van der Waals surface area contributed by atoms with E-state index >= 15 is 0 Å². The van der Waals surface area contributed by atoms with E-state index in [4.69, 9.17) is 4.98 Å². The maximum Gasteiger partial charge on any atom is 0.270 e. The molecule has 1 aliphatic heterocycles. The quantitative estimate of drug-likeness (QED) is 0.515. The van der Waals surface area contributed by atoms with E-state index in [0.717, 1.165) is 49.6 Å². The van der Waals surface area contributed by atoms with Crippen LogP contribution in [-0.2, 0) is 13.6 Å². The minimum atomic E-state index is -0.515. The maximum absolute atomic E-state index is 12.5. The molecule has 1 fully saturated rings. The Morgan fingerprint density at radius 3 is 2.63 bits per heavy atom. The van der Waals surface area contributed by atoms with Crippen LogP contribution in [0, 0.1) is 10.1 Å². The van der Waals surface area contributed by atoms with Gasteiger partial charge < -0.3 is 14.8 Å². The van der Waals surface area contributed by atoms with Crippen molar-refractivity contribution in [1.82, 2.24) is 19.4 Å². The van der Waals surface area contributed by atoms with Gasteiger partial charge in [-0.05, 0) is 31.3 Å². The van der Waals surface area contributed by atoms with Crippen LogP contribution in [0.15, 0.2) is 42.5 Å². The molecule has 1 aromatic heterocycles. The summed E-state index contributed by atoms with van der Waals surface area (Å²) >= 11 is 0. The van der Waals surface area contributed by atoms with Crippen molar-refractivity contribution >= 4 is 28.3 Å². The smallest absolute Gasteiger partial charge is 0.270 e. The third kappa shape index (κ3) is 4.17. The maximum atomic E-state index is 12.5. The fourth-order valence-corrected chi connectivity index (χ4v) is 3.64. The molecule has 1 N–H and O–H groups in total. The Morgan fingerprint density at radius 2 is 1.90 bits per heavy atom. The van der Waals surface area contributed by atoms with Crippen molar-refractivity contribution in [2.45, 2.75) is 6.54 Å². The molecule has 0 spiro atoms. The van der Waals surface area contributed by atoms with Crippen LogP contribution in [0.2, 0.25) is 0 Å². The summed E-state index contributed by atoms with van der Waals surface area (Å²) in [4.78, 5) is 32.4. The average molecular weight is 408 g/mol. The second-order valence-corrected chi connectivity index (χ2v) is 7.63. The fraction of sp³-hybridized carbons (Fsp3) is 0.333. The fourth-order valence-electron chi connectivity index (χ4n) is 3.64. The molecule has 1 aliphatic rings. The van der Waals surface area contributed by atoms with Gasteiger partial charge in [0.25, 0.3) is 11.6 Å². The van der Waals surface area contributed by atoms with Gasteiger partial charge in [-0.1, -0.05) is 6.07 Å². The second kappa shape index (κ2) is 8.21. The van der Waals surface area contributed by atoms with Crippen LogP contribution in [-0.4, -0.2) is 63.4 Å². The van der Waals surface area contributed by atoms with Gasteiger partial charge in [-0.15, -0.1) is 0 Å². The number of nitrogens with one attached hydrogen (secondary N) is 1. The van der Waals surface area contributed by atoms with Gasteiger partial charge in [-0.2, -0.15) is 0 Å². The minimum Gasteiger partial charge on any atom is -0.330 e. The molecule has 0 bridgehead atoms. The van der Waals surface area contributed by atoms with Crippen molar-refractivity contribution in [1.29, 1.82) is 0 Å². The summed E-state index contributed by atoms with van der Waals surface area (Å²) in [6.45, 7) is 4.93. The van der Waals surface area contributed by atoms with Gasteiger partial charge in [0.1, 0.15) is 5.82 Å². The SMILES string of the molecule is CN1CCN(Cc2nc3cc(NC(=O)c4cccc([N+](=O)[O-])c4)ccc3n2C)CC1. The monoisotopic (exact) mass is 408 g/mol. The van der Waals surface area contributed by atoms with E-state index in [9.17, 15) is 14.9 Å². The largest absolute Gasteiger partial charge is 0.330 e. The van der Waals surface area contributed by atoms with Crippen LogP contribution in [0.1, 0.15) is 16.2 Å². The Balaban J connectivity index is 1.51. The zero-order valence-corrected chi connectivity index (χ0v) is 17.0. The summed E-state index contributed by atoms with van der Waals surface area (Å²) in [6.07, 6.45) is 0. The molecule has 2 aromatic carbocycles. The predicted molar refractivity (Wildman–Crippen MR) is 115 cm³/mol. The number of hydrogen-bond donors (Lipinski definition) is 1. The summed E-state index contributed by atoms with van der Waals surface area (Å²) < 4.78 is 2.08. The van der Waals surface area contributed by atoms with Crippen LogP contribution in [0.25, 0.3) is 11.0 Å². The Hall–Kier alpha value is -3.30. The molecule has 2 heterocycles. The molecule has 4 rings (SSSR count). The van der Waals surface area contributed by atoms with Gasteiger partial charge in [-0.3, -0.25) is 19.8 Å². The number of carbonyl (C=O) groups excluding carboxylic acids is 1. The zero-order chi connectivity index (χ0) is 21.3. The van der Waals surface area contributed by atoms with Gasteiger partial charge in [0.15, 0.2) is 0 Å². The summed E-state index contributed by atoms with van der Waals surface area (Å²) in [7, 11) is 4.14. The number of carbonyl (C=O) groups is 1. The molecular weight excluding hydrogens is 384 g/mol. The number of nitro benzene ring substituents is 1. The third-order valence-corrected chi connectivity index (χ3v) is 5.51. The normalized spacial score (nSPS) is 15.4. The number of nitro groups is 1. The lowest BCUT2D eigenvalue weighted by atomic mass is 10.2. The number of aromatic nitrogens is 2. The Morgan fingerprint density at radius 1 is 1.13 bits per heavy atom. The molecule has 0 saturated carbocycles. The van der Waals surface area contributed by atoms with E-state index in [1.165, 1.54) is 18.2 Å². The second-order valence-electron chi connectivity index (χ2n) is 7.63. The highest BCUT2D eigenvalue weighted by Crippen LogP contribution is 2.22. The van der Waals surface area contributed by atoms with Crippen LogP contribution in [0.5, 0.6) is 0 Å². The molecule has 9 heteroatoms. The Bertz CT molecular complexity index is 1100. The third-order valence-electron chi connectivity index (χ3n) is 5.51. The lowest BCUT2D eigenvalue weighted by Gasteiger charge is -2.31. The first kappa shape index (κ1) is 20.0. The number of amides is 1. The van der Waals surface area contributed by atoms with Gasteiger partial charge in [0, 0.05) is 56.6 Å². The summed E-state index contributed by atoms with van der Waals surface area (Å²) in [6, 6.07) is 11.3. The van der Waals surface area contributed by atoms with Crippen LogP contribution in [0.4, 0.5) is 11.4 Å². The van der Waals surface area contributed by atoms with Gasteiger partial charge in [-0.25, -0.2) is 4.98 Å². The number of anilines is 1. The van der Waals surface area contributed by atoms with Crippen molar-refractivity contribution in [2.75, 3.05) is 38.5 Å². The first-order valence-electron chi connectivity index (χ1n) is 9.83. The van der Waals surface area contributed by atoms with Crippen molar-refractivity contribution in [3.05, 3.63) is 64.0 Å².